The van der Waals surface area contributed by atoms with E-state index in [0.717, 1.165) is 11.3 Å². The number of carboxylic acids is 1. The Morgan fingerprint density at radius 2 is 2.04 bits per heavy atom. The number of pyridine rings is 1. The van der Waals surface area contributed by atoms with Gasteiger partial charge in [0.2, 0.25) is 0 Å². The molecule has 6 heteroatoms. The summed E-state index contributed by atoms with van der Waals surface area (Å²) in [6.45, 7) is 5.59. The molecule has 6 nitrogen and oxygen atoms in total. The third-order valence-electron chi connectivity index (χ3n) is 4.09. The van der Waals surface area contributed by atoms with Crippen LogP contribution in [0.5, 0.6) is 5.75 Å². The summed E-state index contributed by atoms with van der Waals surface area (Å²) in [4.78, 5) is 28.1. The minimum atomic E-state index is -1.29. The van der Waals surface area contributed by atoms with Crippen LogP contribution in [-0.2, 0) is 11.4 Å². The molecule has 1 heterocycles. The van der Waals surface area contributed by atoms with Crippen molar-refractivity contribution in [3.63, 3.8) is 0 Å². The molecule has 0 aliphatic rings. The molecule has 1 unspecified atom stereocenters. The lowest BCUT2D eigenvalue weighted by molar-refractivity contribution is -0.144. The van der Waals surface area contributed by atoms with Crippen molar-refractivity contribution in [3.8, 4) is 5.75 Å². The van der Waals surface area contributed by atoms with Gasteiger partial charge in [0.25, 0.3) is 5.91 Å². The number of aromatic nitrogens is 1. The fourth-order valence-electron chi connectivity index (χ4n) is 2.55. The molecule has 0 bridgehead atoms. The Morgan fingerprint density at radius 3 is 2.65 bits per heavy atom. The van der Waals surface area contributed by atoms with Gasteiger partial charge in [-0.1, -0.05) is 25.5 Å². The standard InChI is InChI=1S/C20H24N2O4/c1-4-10-20(3,19(24)25)22-18(23)16-7-5-6-15(11-16)13-26-17-9-8-14(2)21-12-17/h5-9,11-12H,4,10,13H2,1-3H3,(H,22,23)(H,24,25). The largest absolute Gasteiger partial charge is 0.487 e. The number of aliphatic carboxylic acids is 1. The Morgan fingerprint density at radius 1 is 1.27 bits per heavy atom. The first kappa shape index (κ1) is 19.4. The molecule has 1 aromatic heterocycles. The first-order valence-corrected chi connectivity index (χ1v) is 8.54. The van der Waals surface area contributed by atoms with E-state index in [2.05, 4.69) is 10.3 Å². The Bertz CT molecular complexity index is 774. The van der Waals surface area contributed by atoms with Gasteiger partial charge in [0.05, 0.1) is 6.20 Å². The maximum atomic E-state index is 12.5. The van der Waals surface area contributed by atoms with Crippen LogP contribution in [0.2, 0.25) is 0 Å². The van der Waals surface area contributed by atoms with Crippen LogP contribution in [0, 0.1) is 6.92 Å². The molecule has 0 fully saturated rings. The minimum absolute atomic E-state index is 0.289. The van der Waals surface area contributed by atoms with Crippen molar-refractivity contribution >= 4 is 11.9 Å². The van der Waals surface area contributed by atoms with Gasteiger partial charge in [0, 0.05) is 11.3 Å². The number of ether oxygens (including phenoxy) is 1. The summed E-state index contributed by atoms with van der Waals surface area (Å²) in [5.41, 5.74) is 0.832. The van der Waals surface area contributed by atoms with E-state index in [1.165, 1.54) is 6.92 Å². The Balaban J connectivity index is 2.06. The van der Waals surface area contributed by atoms with Crippen molar-refractivity contribution < 1.29 is 19.4 Å². The van der Waals surface area contributed by atoms with Gasteiger partial charge in [-0.2, -0.15) is 0 Å². The first-order chi connectivity index (χ1) is 12.3. The predicted molar refractivity (Wildman–Crippen MR) is 98.2 cm³/mol. The minimum Gasteiger partial charge on any atom is -0.487 e. The number of carbonyl (C=O) groups is 2. The number of carbonyl (C=O) groups excluding carboxylic acids is 1. The SMILES string of the molecule is CCCC(C)(NC(=O)c1cccc(COc2ccc(C)nc2)c1)C(=O)O. The van der Waals surface area contributed by atoms with Crippen molar-refractivity contribution in [3.05, 3.63) is 59.4 Å². The van der Waals surface area contributed by atoms with E-state index in [0.29, 0.717) is 24.2 Å². The van der Waals surface area contributed by atoms with Crippen LogP contribution in [0.15, 0.2) is 42.6 Å². The van der Waals surface area contributed by atoms with Crippen molar-refractivity contribution in [2.75, 3.05) is 0 Å². The molecule has 1 atom stereocenters. The second-order valence-electron chi connectivity index (χ2n) is 6.47. The third kappa shape index (κ3) is 5.05. The molecular formula is C20H24N2O4. The fraction of sp³-hybridized carbons (Fsp3) is 0.350. The third-order valence-corrected chi connectivity index (χ3v) is 4.09. The van der Waals surface area contributed by atoms with Crippen molar-refractivity contribution in [2.24, 2.45) is 0 Å². The second-order valence-corrected chi connectivity index (χ2v) is 6.47. The molecule has 138 valence electrons. The van der Waals surface area contributed by atoms with Gasteiger partial charge in [-0.3, -0.25) is 9.78 Å². The van der Waals surface area contributed by atoms with E-state index in [4.69, 9.17) is 4.74 Å². The molecule has 1 amide bonds. The van der Waals surface area contributed by atoms with Crippen LogP contribution in [0.4, 0.5) is 0 Å². The number of hydrogen-bond donors (Lipinski definition) is 2. The fourth-order valence-corrected chi connectivity index (χ4v) is 2.55. The van der Waals surface area contributed by atoms with Crippen LogP contribution >= 0.6 is 0 Å². The zero-order chi connectivity index (χ0) is 19.2. The maximum Gasteiger partial charge on any atom is 0.329 e. The molecular weight excluding hydrogens is 332 g/mol. The number of nitrogens with one attached hydrogen (secondary N) is 1. The van der Waals surface area contributed by atoms with Gasteiger partial charge in [0.1, 0.15) is 17.9 Å². The van der Waals surface area contributed by atoms with E-state index in [1.807, 2.05) is 32.0 Å². The topological polar surface area (TPSA) is 88.5 Å². The van der Waals surface area contributed by atoms with Gasteiger partial charge in [-0.15, -0.1) is 0 Å². The lowest BCUT2D eigenvalue weighted by Gasteiger charge is -2.25. The van der Waals surface area contributed by atoms with Crippen molar-refractivity contribution in [1.82, 2.24) is 10.3 Å². The summed E-state index contributed by atoms with van der Waals surface area (Å²) in [6, 6.07) is 10.6. The number of aryl methyl sites for hydroxylation is 1. The maximum absolute atomic E-state index is 12.5. The summed E-state index contributed by atoms with van der Waals surface area (Å²) in [6.07, 6.45) is 2.66. The van der Waals surface area contributed by atoms with E-state index in [9.17, 15) is 14.7 Å². The highest BCUT2D eigenvalue weighted by molar-refractivity contribution is 5.97. The molecule has 0 aliphatic carbocycles. The zero-order valence-corrected chi connectivity index (χ0v) is 15.3. The number of carboxylic acid groups (broad SMARTS) is 1. The summed E-state index contributed by atoms with van der Waals surface area (Å²) >= 11 is 0. The number of nitrogens with zero attached hydrogens (tertiary/aromatic N) is 1. The number of benzene rings is 1. The lowest BCUT2D eigenvalue weighted by Crippen LogP contribution is -2.52. The van der Waals surface area contributed by atoms with E-state index in [-0.39, 0.29) is 6.61 Å². The first-order valence-electron chi connectivity index (χ1n) is 8.54. The van der Waals surface area contributed by atoms with E-state index in [1.54, 1.807) is 24.4 Å². The Labute approximate surface area is 153 Å². The molecule has 0 aliphatic heterocycles. The van der Waals surface area contributed by atoms with Crippen molar-refractivity contribution in [1.29, 1.82) is 0 Å². The predicted octanol–water partition coefficient (Wildman–Crippen LogP) is 3.34. The molecule has 0 radical (unpaired) electrons. The van der Waals surface area contributed by atoms with E-state index >= 15 is 0 Å². The van der Waals surface area contributed by atoms with Crippen LogP contribution in [-0.4, -0.2) is 27.5 Å². The number of rotatable bonds is 8. The summed E-state index contributed by atoms with van der Waals surface area (Å²) in [5, 5.41) is 12.0. The van der Waals surface area contributed by atoms with Gasteiger partial charge < -0.3 is 15.2 Å². The van der Waals surface area contributed by atoms with Gasteiger partial charge >= 0.3 is 5.97 Å². The smallest absolute Gasteiger partial charge is 0.329 e. The van der Waals surface area contributed by atoms with Crippen LogP contribution in [0.3, 0.4) is 0 Å². The van der Waals surface area contributed by atoms with Crippen LogP contribution in [0.1, 0.15) is 48.3 Å². The zero-order valence-electron chi connectivity index (χ0n) is 15.3. The quantitative estimate of drug-likeness (QED) is 0.757. The summed E-state index contributed by atoms with van der Waals surface area (Å²) < 4.78 is 5.67. The average Bonchev–Trinajstić information content (AvgIpc) is 2.61. The second kappa shape index (κ2) is 8.47. The van der Waals surface area contributed by atoms with E-state index < -0.39 is 17.4 Å². The van der Waals surface area contributed by atoms with Gasteiger partial charge in [-0.25, -0.2) is 4.79 Å². The normalized spacial score (nSPS) is 12.9. The number of hydrogen-bond acceptors (Lipinski definition) is 4. The monoisotopic (exact) mass is 356 g/mol. The van der Waals surface area contributed by atoms with Crippen LogP contribution in [0.25, 0.3) is 0 Å². The molecule has 0 saturated carbocycles. The molecule has 0 spiro atoms. The lowest BCUT2D eigenvalue weighted by atomic mass is 9.95. The number of amides is 1. The highest BCUT2D eigenvalue weighted by Crippen LogP contribution is 2.16. The Kier molecular flexibility index (Phi) is 6.33. The molecule has 2 aromatic rings. The molecule has 2 rings (SSSR count). The van der Waals surface area contributed by atoms with Crippen LogP contribution < -0.4 is 10.1 Å². The molecule has 2 N–H and O–H groups in total. The highest BCUT2D eigenvalue weighted by atomic mass is 16.5. The summed E-state index contributed by atoms with van der Waals surface area (Å²) in [7, 11) is 0. The van der Waals surface area contributed by atoms with Gasteiger partial charge in [0.15, 0.2) is 0 Å². The van der Waals surface area contributed by atoms with Crippen molar-refractivity contribution in [2.45, 2.75) is 45.8 Å². The van der Waals surface area contributed by atoms with Gasteiger partial charge in [-0.05, 0) is 50.1 Å². The summed E-state index contributed by atoms with van der Waals surface area (Å²) in [5.74, 6) is -0.812. The molecule has 0 saturated heterocycles. The average molecular weight is 356 g/mol. The Hall–Kier alpha value is -2.89. The molecule has 1 aromatic carbocycles. The molecule has 26 heavy (non-hydrogen) atoms. The highest BCUT2D eigenvalue weighted by Gasteiger charge is 2.34.